The van der Waals surface area contributed by atoms with E-state index in [0.717, 1.165) is 24.0 Å². The fourth-order valence-corrected chi connectivity index (χ4v) is 5.07. The molecule has 2 heterocycles. The summed E-state index contributed by atoms with van der Waals surface area (Å²) < 4.78 is 6.13. The number of aliphatic imine (C=N–C) groups is 1. The van der Waals surface area contributed by atoms with Crippen LogP contribution in [0.15, 0.2) is 29.3 Å². The highest BCUT2D eigenvalue weighted by atomic mass is 35.5. The second-order valence-corrected chi connectivity index (χ2v) is 7.69. The highest BCUT2D eigenvalue weighted by Gasteiger charge is 2.45. The van der Waals surface area contributed by atoms with Crippen LogP contribution in [0.5, 0.6) is 5.75 Å². The number of nitrogens with zero attached hydrogens (tertiary/aromatic N) is 2. The molecule has 1 N–H and O–H groups in total. The summed E-state index contributed by atoms with van der Waals surface area (Å²) >= 11 is 1.63. The number of benzene rings is 1. The smallest absolute Gasteiger partial charge is 0.184 e. The number of aliphatic hydroxyl groups is 1. The van der Waals surface area contributed by atoms with Gasteiger partial charge < -0.3 is 14.7 Å². The van der Waals surface area contributed by atoms with Gasteiger partial charge in [-0.05, 0) is 30.4 Å². The van der Waals surface area contributed by atoms with Crippen LogP contribution in [0.2, 0.25) is 0 Å². The molecule has 0 bridgehead atoms. The van der Waals surface area contributed by atoms with Gasteiger partial charge in [0.1, 0.15) is 12.4 Å². The fraction of sp³-hybridized carbons (Fsp3) is 0.611. The van der Waals surface area contributed by atoms with Gasteiger partial charge in [-0.3, -0.25) is 4.99 Å². The summed E-state index contributed by atoms with van der Waals surface area (Å²) in [6.45, 7) is 1.89. The maximum Gasteiger partial charge on any atom is 0.184 e. The molecule has 4 rings (SSSR count). The van der Waals surface area contributed by atoms with Crippen LogP contribution in [0.3, 0.4) is 0 Å². The summed E-state index contributed by atoms with van der Waals surface area (Å²) in [6.07, 6.45) is 6.49. The molecule has 0 amide bonds. The van der Waals surface area contributed by atoms with Gasteiger partial charge in [-0.2, -0.15) is 0 Å². The van der Waals surface area contributed by atoms with Crippen molar-refractivity contribution in [3.63, 3.8) is 0 Å². The Bertz CT molecular complexity index is 606. The molecule has 3 aliphatic rings. The molecule has 1 saturated carbocycles. The van der Waals surface area contributed by atoms with Crippen molar-refractivity contribution in [3.05, 3.63) is 29.8 Å². The molecular weight excluding hydrogens is 344 g/mol. The lowest BCUT2D eigenvalue weighted by atomic mass is 9.84. The number of halogens is 1. The van der Waals surface area contributed by atoms with E-state index in [1.807, 2.05) is 17.0 Å². The third-order valence-corrected chi connectivity index (χ3v) is 6.37. The summed E-state index contributed by atoms with van der Waals surface area (Å²) in [5.41, 5.74) is 0.399. The van der Waals surface area contributed by atoms with E-state index in [2.05, 4.69) is 17.1 Å². The molecule has 132 valence electrons. The zero-order valence-electron chi connectivity index (χ0n) is 13.8. The van der Waals surface area contributed by atoms with Crippen LogP contribution >= 0.6 is 24.2 Å². The molecule has 1 unspecified atom stereocenters. The summed E-state index contributed by atoms with van der Waals surface area (Å²) in [4.78, 5) is 6.43. The first-order valence-corrected chi connectivity index (χ1v) is 9.64. The van der Waals surface area contributed by atoms with Crippen LogP contribution in [0, 0.1) is 0 Å². The summed E-state index contributed by atoms with van der Waals surface area (Å²) in [7, 11) is 0. The lowest BCUT2D eigenvalue weighted by Gasteiger charge is -2.32. The number of amidine groups is 1. The maximum atomic E-state index is 10.9. The zero-order chi connectivity index (χ0) is 15.7. The molecule has 1 aliphatic carbocycles. The van der Waals surface area contributed by atoms with Crippen molar-refractivity contribution >= 4 is 29.3 Å². The average molecular weight is 369 g/mol. The van der Waals surface area contributed by atoms with Crippen molar-refractivity contribution < 1.29 is 9.84 Å². The highest BCUT2D eigenvalue weighted by Crippen LogP contribution is 2.39. The van der Waals surface area contributed by atoms with Gasteiger partial charge in [0.05, 0.1) is 12.3 Å². The van der Waals surface area contributed by atoms with Gasteiger partial charge in [0.2, 0.25) is 0 Å². The molecule has 1 aromatic rings. The summed E-state index contributed by atoms with van der Waals surface area (Å²) in [5.74, 6) is 2.19. The predicted octanol–water partition coefficient (Wildman–Crippen LogP) is 3.64. The first kappa shape index (κ1) is 17.9. The molecule has 6 heteroatoms. The Kier molecular flexibility index (Phi) is 5.63. The van der Waals surface area contributed by atoms with Crippen molar-refractivity contribution in [1.82, 2.24) is 4.90 Å². The molecular formula is C18H25ClN2O2S. The number of hydrogen-bond acceptors (Lipinski definition) is 5. The van der Waals surface area contributed by atoms with Crippen molar-refractivity contribution in [1.29, 1.82) is 0 Å². The second kappa shape index (κ2) is 7.54. The molecule has 1 aromatic carbocycles. The van der Waals surface area contributed by atoms with Crippen molar-refractivity contribution in [3.8, 4) is 5.75 Å². The van der Waals surface area contributed by atoms with E-state index in [-0.39, 0.29) is 12.4 Å². The largest absolute Gasteiger partial charge is 0.488 e. The van der Waals surface area contributed by atoms with Gasteiger partial charge in [-0.15, -0.1) is 12.4 Å². The van der Waals surface area contributed by atoms with Crippen molar-refractivity contribution in [2.24, 2.45) is 4.99 Å². The lowest BCUT2D eigenvalue weighted by molar-refractivity contribution is -0.0696. The van der Waals surface area contributed by atoms with Crippen LogP contribution in [-0.4, -0.2) is 46.3 Å². The molecule has 0 spiro atoms. The van der Waals surface area contributed by atoms with Gasteiger partial charge >= 0.3 is 0 Å². The first-order valence-electron chi connectivity index (χ1n) is 8.65. The van der Waals surface area contributed by atoms with Crippen LogP contribution < -0.4 is 4.74 Å². The van der Waals surface area contributed by atoms with Gasteiger partial charge in [0.15, 0.2) is 10.9 Å². The van der Waals surface area contributed by atoms with Crippen molar-refractivity contribution in [2.45, 2.75) is 43.7 Å². The number of hydrogen-bond donors (Lipinski definition) is 1. The summed E-state index contributed by atoms with van der Waals surface area (Å²) in [6, 6.07) is 8.37. The Morgan fingerprint density at radius 2 is 2.04 bits per heavy atom. The topological polar surface area (TPSA) is 45.1 Å². The molecule has 4 nitrogen and oxygen atoms in total. The minimum Gasteiger partial charge on any atom is -0.488 e. The highest BCUT2D eigenvalue weighted by molar-refractivity contribution is 8.14. The van der Waals surface area contributed by atoms with E-state index in [1.54, 1.807) is 11.8 Å². The lowest BCUT2D eigenvalue weighted by Crippen LogP contribution is -2.51. The van der Waals surface area contributed by atoms with Gasteiger partial charge in [-0.25, -0.2) is 0 Å². The van der Waals surface area contributed by atoms with E-state index in [9.17, 15) is 5.11 Å². The maximum absolute atomic E-state index is 10.9. The van der Waals surface area contributed by atoms with Crippen LogP contribution in [0.1, 0.15) is 43.6 Å². The third-order valence-electron chi connectivity index (χ3n) is 5.16. The molecule has 24 heavy (non-hydrogen) atoms. The SMILES string of the molecule is Cl.OC1(COc2ccccc2C2CCCCC2)CSC2=NCCN21. The molecule has 2 fully saturated rings. The normalized spacial score (nSPS) is 26.7. The predicted molar refractivity (Wildman–Crippen MR) is 101 cm³/mol. The van der Waals surface area contributed by atoms with E-state index in [1.165, 1.54) is 37.7 Å². The minimum absolute atomic E-state index is 0. The minimum atomic E-state index is -0.917. The molecule has 1 atom stereocenters. The fourth-order valence-electron chi connectivity index (χ4n) is 3.87. The van der Waals surface area contributed by atoms with E-state index in [4.69, 9.17) is 4.74 Å². The van der Waals surface area contributed by atoms with Gasteiger partial charge in [-0.1, -0.05) is 49.2 Å². The Morgan fingerprint density at radius 3 is 2.88 bits per heavy atom. The van der Waals surface area contributed by atoms with Crippen LogP contribution in [-0.2, 0) is 0 Å². The molecule has 1 saturated heterocycles. The molecule has 0 aromatic heterocycles. The van der Waals surface area contributed by atoms with Crippen molar-refractivity contribution in [2.75, 3.05) is 25.4 Å². The second-order valence-electron chi connectivity index (χ2n) is 6.75. The average Bonchev–Trinajstić information content (AvgIpc) is 3.19. The van der Waals surface area contributed by atoms with Gasteiger partial charge in [0.25, 0.3) is 0 Å². The number of para-hydroxylation sites is 1. The van der Waals surface area contributed by atoms with E-state index >= 15 is 0 Å². The number of thioether (sulfide) groups is 1. The third kappa shape index (κ3) is 3.39. The van der Waals surface area contributed by atoms with E-state index in [0.29, 0.717) is 18.3 Å². The standard InChI is InChI=1S/C18H24N2O2S.ClH/c21-18(13-23-17-19-10-11-20(17)18)12-22-16-9-5-4-8-15(16)14-6-2-1-3-7-14;/h4-5,8-9,14,21H,1-3,6-7,10-13H2;1H. The van der Waals surface area contributed by atoms with Gasteiger partial charge in [0, 0.05) is 6.54 Å². The Balaban J connectivity index is 0.00000169. The molecule has 0 radical (unpaired) electrons. The number of rotatable bonds is 4. The quantitative estimate of drug-likeness (QED) is 0.881. The number of ether oxygens (including phenoxy) is 1. The monoisotopic (exact) mass is 368 g/mol. The first-order chi connectivity index (χ1) is 11.3. The van der Waals surface area contributed by atoms with E-state index < -0.39 is 5.72 Å². The summed E-state index contributed by atoms with van der Waals surface area (Å²) in [5, 5.41) is 11.9. The Hall–Kier alpha value is -0.910. The van der Waals surface area contributed by atoms with Crippen LogP contribution in [0.4, 0.5) is 0 Å². The Morgan fingerprint density at radius 1 is 1.25 bits per heavy atom. The Labute approximate surface area is 154 Å². The van der Waals surface area contributed by atoms with Crippen LogP contribution in [0.25, 0.3) is 0 Å². The number of fused-ring (bicyclic) bond motifs is 1. The molecule has 2 aliphatic heterocycles. The zero-order valence-corrected chi connectivity index (χ0v) is 15.5.